The Hall–Kier alpha value is -1.50. The third-order valence-electron chi connectivity index (χ3n) is 2.97. The lowest BCUT2D eigenvalue weighted by Gasteiger charge is -2.08. The van der Waals surface area contributed by atoms with Gasteiger partial charge in [0.25, 0.3) is 0 Å². The first kappa shape index (κ1) is 18.5. The zero-order valence-electron chi connectivity index (χ0n) is 13.7. The van der Waals surface area contributed by atoms with Crippen LogP contribution in [0.4, 0.5) is 0 Å². The SMILES string of the molecule is CNCCOCc1ccc(COCCNC(=O)C(C)C)nc1. The molecule has 1 aromatic heterocycles. The summed E-state index contributed by atoms with van der Waals surface area (Å²) in [5.74, 6) is 0.0499. The molecular weight excluding hydrogens is 282 g/mol. The summed E-state index contributed by atoms with van der Waals surface area (Å²) in [5.41, 5.74) is 1.92. The van der Waals surface area contributed by atoms with E-state index in [4.69, 9.17) is 9.47 Å². The van der Waals surface area contributed by atoms with E-state index in [1.54, 1.807) is 6.20 Å². The predicted octanol–water partition coefficient (Wildman–Crippen LogP) is 1.11. The smallest absolute Gasteiger partial charge is 0.222 e. The number of hydrogen-bond acceptors (Lipinski definition) is 5. The highest BCUT2D eigenvalue weighted by Crippen LogP contribution is 2.03. The van der Waals surface area contributed by atoms with Crippen LogP contribution >= 0.6 is 0 Å². The zero-order chi connectivity index (χ0) is 16.2. The van der Waals surface area contributed by atoms with Crippen molar-refractivity contribution in [3.05, 3.63) is 29.6 Å². The lowest BCUT2D eigenvalue weighted by molar-refractivity contribution is -0.124. The van der Waals surface area contributed by atoms with Gasteiger partial charge in [-0.2, -0.15) is 0 Å². The van der Waals surface area contributed by atoms with Crippen LogP contribution in [0.5, 0.6) is 0 Å². The summed E-state index contributed by atoms with van der Waals surface area (Å²) in [4.78, 5) is 15.7. The number of carbonyl (C=O) groups excluding carboxylic acids is 1. The van der Waals surface area contributed by atoms with Gasteiger partial charge in [0, 0.05) is 25.2 Å². The third kappa shape index (κ3) is 8.07. The first-order valence-electron chi connectivity index (χ1n) is 7.65. The van der Waals surface area contributed by atoms with Crippen LogP contribution in [-0.2, 0) is 27.5 Å². The van der Waals surface area contributed by atoms with Crippen LogP contribution in [0.15, 0.2) is 18.3 Å². The molecule has 0 aliphatic heterocycles. The lowest BCUT2D eigenvalue weighted by atomic mass is 10.2. The molecule has 1 amide bonds. The Kier molecular flexibility index (Phi) is 9.37. The maximum Gasteiger partial charge on any atom is 0.222 e. The molecule has 0 aliphatic carbocycles. The van der Waals surface area contributed by atoms with Gasteiger partial charge in [0.2, 0.25) is 5.91 Å². The average Bonchev–Trinajstić information content (AvgIpc) is 2.52. The molecule has 0 saturated heterocycles. The monoisotopic (exact) mass is 309 g/mol. The van der Waals surface area contributed by atoms with Crippen molar-refractivity contribution >= 4 is 5.91 Å². The topological polar surface area (TPSA) is 72.5 Å². The molecule has 6 heteroatoms. The Labute approximate surface area is 132 Å². The number of nitrogens with one attached hydrogen (secondary N) is 2. The number of aromatic nitrogens is 1. The average molecular weight is 309 g/mol. The standard InChI is InChI=1S/C16H27N3O3/c1-13(2)16(20)18-7-9-22-12-15-5-4-14(10-19-15)11-21-8-6-17-3/h4-5,10,13,17H,6-9,11-12H2,1-3H3,(H,18,20). The molecule has 0 aliphatic rings. The van der Waals surface area contributed by atoms with E-state index in [0.29, 0.717) is 33.0 Å². The summed E-state index contributed by atoms with van der Waals surface area (Å²) in [7, 11) is 1.90. The van der Waals surface area contributed by atoms with Gasteiger partial charge < -0.3 is 20.1 Å². The molecule has 0 aromatic carbocycles. The van der Waals surface area contributed by atoms with Gasteiger partial charge in [0.15, 0.2) is 0 Å². The molecule has 1 heterocycles. The van der Waals surface area contributed by atoms with E-state index in [1.807, 2.05) is 33.0 Å². The summed E-state index contributed by atoms with van der Waals surface area (Å²) in [6, 6.07) is 3.93. The minimum absolute atomic E-state index is 0.00420. The molecule has 0 bridgehead atoms. The fourth-order valence-electron chi connectivity index (χ4n) is 1.62. The van der Waals surface area contributed by atoms with E-state index < -0.39 is 0 Å². The molecule has 22 heavy (non-hydrogen) atoms. The van der Waals surface area contributed by atoms with Crippen LogP contribution in [0.3, 0.4) is 0 Å². The highest BCUT2D eigenvalue weighted by atomic mass is 16.5. The van der Waals surface area contributed by atoms with Crippen LogP contribution < -0.4 is 10.6 Å². The Morgan fingerprint density at radius 1 is 1.18 bits per heavy atom. The second kappa shape index (κ2) is 11.1. The van der Waals surface area contributed by atoms with Crippen molar-refractivity contribution in [2.45, 2.75) is 27.1 Å². The number of carbonyl (C=O) groups is 1. The van der Waals surface area contributed by atoms with Crippen LogP contribution in [0.1, 0.15) is 25.1 Å². The summed E-state index contributed by atoms with van der Waals surface area (Å²) in [5, 5.41) is 5.83. The molecule has 1 rings (SSSR count). The first-order valence-corrected chi connectivity index (χ1v) is 7.65. The number of nitrogens with zero attached hydrogens (tertiary/aromatic N) is 1. The molecule has 0 unspecified atom stereocenters. The summed E-state index contributed by atoms with van der Waals surface area (Å²) in [6.07, 6.45) is 1.80. The van der Waals surface area contributed by atoms with E-state index in [1.165, 1.54) is 0 Å². The summed E-state index contributed by atoms with van der Waals surface area (Å²) in [6.45, 7) is 7.27. The van der Waals surface area contributed by atoms with Crippen molar-refractivity contribution in [2.24, 2.45) is 5.92 Å². The number of pyridine rings is 1. The normalized spacial score (nSPS) is 10.9. The second-order valence-electron chi connectivity index (χ2n) is 5.31. The van der Waals surface area contributed by atoms with Crippen molar-refractivity contribution in [2.75, 3.05) is 33.4 Å². The second-order valence-corrected chi connectivity index (χ2v) is 5.31. The van der Waals surface area contributed by atoms with Gasteiger partial charge in [0.05, 0.1) is 32.1 Å². The molecular formula is C16H27N3O3. The number of rotatable bonds is 11. The van der Waals surface area contributed by atoms with Crippen molar-refractivity contribution in [3.8, 4) is 0 Å². The first-order chi connectivity index (χ1) is 10.6. The van der Waals surface area contributed by atoms with Crippen molar-refractivity contribution < 1.29 is 14.3 Å². The quantitative estimate of drug-likeness (QED) is 0.599. The highest BCUT2D eigenvalue weighted by molar-refractivity contribution is 5.77. The van der Waals surface area contributed by atoms with E-state index >= 15 is 0 Å². The summed E-state index contributed by atoms with van der Waals surface area (Å²) < 4.78 is 11.0. The highest BCUT2D eigenvalue weighted by Gasteiger charge is 2.04. The largest absolute Gasteiger partial charge is 0.375 e. The van der Waals surface area contributed by atoms with E-state index in [2.05, 4.69) is 15.6 Å². The number of amides is 1. The maximum atomic E-state index is 11.3. The number of hydrogen-bond donors (Lipinski definition) is 2. The van der Waals surface area contributed by atoms with Gasteiger partial charge in [-0.3, -0.25) is 9.78 Å². The molecule has 0 fully saturated rings. The molecule has 6 nitrogen and oxygen atoms in total. The summed E-state index contributed by atoms with van der Waals surface area (Å²) >= 11 is 0. The maximum absolute atomic E-state index is 11.3. The van der Waals surface area contributed by atoms with Crippen LogP contribution in [0, 0.1) is 5.92 Å². The zero-order valence-corrected chi connectivity index (χ0v) is 13.7. The molecule has 124 valence electrons. The van der Waals surface area contributed by atoms with Crippen LogP contribution in [0.25, 0.3) is 0 Å². The fourth-order valence-corrected chi connectivity index (χ4v) is 1.62. The predicted molar refractivity (Wildman–Crippen MR) is 85.3 cm³/mol. The lowest BCUT2D eigenvalue weighted by Crippen LogP contribution is -2.30. The number of ether oxygens (including phenoxy) is 2. The van der Waals surface area contributed by atoms with Crippen molar-refractivity contribution in [1.29, 1.82) is 0 Å². The van der Waals surface area contributed by atoms with Crippen molar-refractivity contribution in [3.63, 3.8) is 0 Å². The third-order valence-corrected chi connectivity index (χ3v) is 2.97. The van der Waals surface area contributed by atoms with Gasteiger partial charge in [-0.25, -0.2) is 0 Å². The van der Waals surface area contributed by atoms with Gasteiger partial charge in [-0.05, 0) is 18.7 Å². The Morgan fingerprint density at radius 2 is 1.91 bits per heavy atom. The Balaban J connectivity index is 2.15. The van der Waals surface area contributed by atoms with Gasteiger partial charge >= 0.3 is 0 Å². The van der Waals surface area contributed by atoms with Crippen molar-refractivity contribution in [1.82, 2.24) is 15.6 Å². The molecule has 2 N–H and O–H groups in total. The van der Waals surface area contributed by atoms with Gasteiger partial charge in [-0.15, -0.1) is 0 Å². The molecule has 0 saturated carbocycles. The molecule has 1 aromatic rings. The van der Waals surface area contributed by atoms with Gasteiger partial charge in [-0.1, -0.05) is 19.9 Å². The van der Waals surface area contributed by atoms with Gasteiger partial charge in [0.1, 0.15) is 0 Å². The number of likely N-dealkylation sites (N-methyl/N-ethyl adjacent to an activating group) is 1. The Bertz CT molecular complexity index is 421. The van der Waals surface area contributed by atoms with E-state index in [9.17, 15) is 4.79 Å². The van der Waals surface area contributed by atoms with E-state index in [-0.39, 0.29) is 11.8 Å². The fraction of sp³-hybridized carbons (Fsp3) is 0.625. The molecule has 0 atom stereocenters. The minimum atomic E-state index is 0.00420. The Morgan fingerprint density at radius 3 is 2.55 bits per heavy atom. The minimum Gasteiger partial charge on any atom is -0.375 e. The molecule has 0 radical (unpaired) electrons. The van der Waals surface area contributed by atoms with Crippen LogP contribution in [-0.4, -0.2) is 44.2 Å². The van der Waals surface area contributed by atoms with Crippen LogP contribution in [0.2, 0.25) is 0 Å². The van der Waals surface area contributed by atoms with E-state index in [0.717, 1.165) is 17.8 Å². The molecule has 0 spiro atoms.